The first-order valence-electron chi connectivity index (χ1n) is 24.8. The second-order valence-corrected chi connectivity index (χ2v) is 19.1. The van der Waals surface area contributed by atoms with Gasteiger partial charge in [0.15, 0.2) is 0 Å². The summed E-state index contributed by atoms with van der Waals surface area (Å²) in [7, 11) is 0. The minimum atomic E-state index is 0.907. The number of hydrogen-bond donors (Lipinski definition) is 0. The van der Waals surface area contributed by atoms with E-state index in [1.807, 2.05) is 0 Å². The molecular formula is C55H92N2Pd. The average molecular weight is 888 g/mol. The standard InChI is InChI=1S/C47H74N2.2C4H9.Pd/c1-9-17-22-23-29-41(36-49-48)46(31-21-13-5)47(42-32-37(24-14-6)44(26-16-8)38(33-42)25-15-7)43-34-39(27-18-10-2)45(30-20-12-4)40(35-43)28-19-11-3;2*1-3-4-2;/h32-35H,9-31H2,1-8H3;2*1,3-4H2,2H3;. The SMILES string of the molecule is CCCCCCC(=C=[N+]=[N-])C(CCCC)=C(c1cc(CCC)c(CCC)c(CCC)c1)c1cc(CCCC)c(CCCC)c(CCCC)c1.CCC[CH2][Pd][CH2]CCC. The molecule has 0 fully saturated rings. The maximum atomic E-state index is 10.0. The number of nitrogens with zero attached hydrogens (tertiary/aromatic N) is 2. The van der Waals surface area contributed by atoms with Gasteiger partial charge in [-0.05, 0) is 139 Å². The van der Waals surface area contributed by atoms with Crippen LogP contribution in [0.1, 0.15) is 249 Å². The molecule has 0 aliphatic heterocycles. The summed E-state index contributed by atoms with van der Waals surface area (Å²) in [5.41, 5.74) is 26.1. The van der Waals surface area contributed by atoms with Gasteiger partial charge < -0.3 is 5.53 Å². The zero-order chi connectivity index (χ0) is 42.8. The van der Waals surface area contributed by atoms with Crippen molar-refractivity contribution in [3.8, 4) is 0 Å². The van der Waals surface area contributed by atoms with E-state index in [1.165, 1.54) is 128 Å². The minimum absolute atomic E-state index is 0.907. The van der Waals surface area contributed by atoms with Crippen molar-refractivity contribution in [3.05, 3.63) is 85.5 Å². The zero-order valence-electron chi connectivity index (χ0n) is 40.0. The van der Waals surface area contributed by atoms with Gasteiger partial charge in [0, 0.05) is 0 Å². The fourth-order valence-corrected chi connectivity index (χ4v) is 10.4. The van der Waals surface area contributed by atoms with Crippen LogP contribution in [0, 0.1) is 0 Å². The zero-order valence-corrected chi connectivity index (χ0v) is 41.6. The molecule has 0 aromatic heterocycles. The van der Waals surface area contributed by atoms with Gasteiger partial charge in [0.05, 0.1) is 5.57 Å². The number of allylic oxidation sites excluding steroid dienone is 2. The second kappa shape index (κ2) is 35.7. The van der Waals surface area contributed by atoms with Crippen molar-refractivity contribution in [2.75, 3.05) is 0 Å². The second-order valence-electron chi connectivity index (χ2n) is 16.7. The normalized spacial score (nSPS) is 11.6. The Hall–Kier alpha value is -2.00. The van der Waals surface area contributed by atoms with E-state index in [4.69, 9.17) is 0 Å². The molecule has 0 aliphatic carbocycles. The fraction of sp³-hybridized carbons (Fsp3) is 0.709. The summed E-state index contributed by atoms with van der Waals surface area (Å²) in [6.07, 6.45) is 32.3. The third-order valence-electron chi connectivity index (χ3n) is 11.4. The Balaban J connectivity index is 0.00000166. The molecule has 0 spiro atoms. The van der Waals surface area contributed by atoms with E-state index in [2.05, 4.69) is 104 Å². The Labute approximate surface area is 370 Å². The summed E-state index contributed by atoms with van der Waals surface area (Å²) >= 11 is 1.07. The number of hydrogen-bond acceptors (Lipinski definition) is 0. The molecule has 0 N–H and O–H groups in total. The van der Waals surface area contributed by atoms with E-state index in [1.54, 1.807) is 33.4 Å². The van der Waals surface area contributed by atoms with Crippen LogP contribution in [0.3, 0.4) is 0 Å². The number of benzene rings is 2. The Bertz CT molecular complexity index is 1420. The molecule has 0 saturated carbocycles. The summed E-state index contributed by atoms with van der Waals surface area (Å²) < 4.78 is 0. The molecule has 0 unspecified atom stereocenters. The summed E-state index contributed by atoms with van der Waals surface area (Å²) in [4.78, 5) is 6.62. The van der Waals surface area contributed by atoms with E-state index < -0.39 is 0 Å². The topological polar surface area (TPSA) is 36.4 Å². The van der Waals surface area contributed by atoms with Crippen molar-refractivity contribution >= 4 is 11.4 Å². The molecule has 0 saturated heterocycles. The average Bonchev–Trinajstić information content (AvgIpc) is 3.22. The first-order valence-corrected chi connectivity index (χ1v) is 27.0. The summed E-state index contributed by atoms with van der Waals surface area (Å²) in [5, 5.41) is 0. The summed E-state index contributed by atoms with van der Waals surface area (Å²) in [6.45, 7) is 23.1. The van der Waals surface area contributed by atoms with Crippen LogP contribution in [0.4, 0.5) is 0 Å². The fourth-order valence-electron chi connectivity index (χ4n) is 8.11. The number of unbranched alkanes of at least 4 members (excludes halogenated alkanes) is 9. The van der Waals surface area contributed by atoms with Crippen LogP contribution in [0.5, 0.6) is 0 Å². The molecule has 2 aromatic rings. The molecule has 0 radical (unpaired) electrons. The van der Waals surface area contributed by atoms with Crippen molar-refractivity contribution in [1.82, 2.24) is 0 Å². The molecule has 0 bridgehead atoms. The molecule has 2 rings (SSSR count). The molecule has 332 valence electrons. The van der Waals surface area contributed by atoms with Gasteiger partial charge in [0.1, 0.15) is 0 Å². The first kappa shape index (κ1) is 54.0. The molecule has 0 atom stereocenters. The van der Waals surface area contributed by atoms with Crippen LogP contribution >= 0.6 is 0 Å². The van der Waals surface area contributed by atoms with Crippen molar-refractivity contribution in [1.29, 1.82) is 0 Å². The van der Waals surface area contributed by atoms with Gasteiger partial charge in [-0.25, -0.2) is 0 Å². The van der Waals surface area contributed by atoms with E-state index in [0.29, 0.717) is 0 Å². The van der Waals surface area contributed by atoms with Gasteiger partial charge in [-0.15, -0.1) is 4.79 Å². The van der Waals surface area contributed by atoms with Crippen LogP contribution < -0.4 is 0 Å². The van der Waals surface area contributed by atoms with Gasteiger partial charge in [-0.3, -0.25) is 0 Å². The predicted molar refractivity (Wildman–Crippen MR) is 257 cm³/mol. The molecule has 0 amide bonds. The molecule has 2 nitrogen and oxygen atoms in total. The molecule has 58 heavy (non-hydrogen) atoms. The Kier molecular flexibility index (Phi) is 33.3. The molecule has 2 aromatic carbocycles. The van der Waals surface area contributed by atoms with Gasteiger partial charge >= 0.3 is 73.2 Å². The quantitative estimate of drug-likeness (QED) is 0.0175. The van der Waals surface area contributed by atoms with E-state index >= 15 is 0 Å². The van der Waals surface area contributed by atoms with Crippen LogP contribution in [0.15, 0.2) is 35.4 Å². The van der Waals surface area contributed by atoms with Crippen LogP contribution in [-0.2, 0) is 56.5 Å². The van der Waals surface area contributed by atoms with Crippen molar-refractivity contribution in [3.63, 3.8) is 0 Å². The van der Waals surface area contributed by atoms with Crippen LogP contribution in [-0.4, -0.2) is 10.7 Å². The van der Waals surface area contributed by atoms with Crippen LogP contribution in [0.2, 0.25) is 9.79 Å². The predicted octanol–water partition coefficient (Wildman–Crippen LogP) is 17.9. The Morgan fingerprint density at radius 1 is 0.448 bits per heavy atom. The van der Waals surface area contributed by atoms with Crippen molar-refractivity contribution in [2.45, 2.75) is 252 Å². The van der Waals surface area contributed by atoms with E-state index in [9.17, 15) is 5.53 Å². The molecule has 0 aliphatic rings. The third kappa shape index (κ3) is 20.5. The van der Waals surface area contributed by atoms with E-state index in [0.717, 1.165) is 101 Å². The van der Waals surface area contributed by atoms with Gasteiger partial charge in [-0.2, -0.15) is 0 Å². The Morgan fingerprint density at radius 3 is 1.31 bits per heavy atom. The molecule has 0 heterocycles. The number of aryl methyl sites for hydroxylation is 4. The Morgan fingerprint density at radius 2 is 0.879 bits per heavy atom. The van der Waals surface area contributed by atoms with Crippen LogP contribution in [0.25, 0.3) is 11.1 Å². The van der Waals surface area contributed by atoms with Gasteiger partial charge in [0.25, 0.3) is 0 Å². The first-order chi connectivity index (χ1) is 28.4. The monoisotopic (exact) mass is 887 g/mol. The molecular weight excluding hydrogens is 795 g/mol. The maximum absolute atomic E-state index is 10.0. The van der Waals surface area contributed by atoms with Crippen molar-refractivity contribution < 1.29 is 22.8 Å². The van der Waals surface area contributed by atoms with Gasteiger partial charge in [-0.1, -0.05) is 144 Å². The summed E-state index contributed by atoms with van der Waals surface area (Å²) in [5.74, 6) is 3.18. The van der Waals surface area contributed by atoms with Gasteiger partial charge in [0.2, 0.25) is 0 Å². The van der Waals surface area contributed by atoms with Crippen molar-refractivity contribution in [2.24, 2.45) is 0 Å². The van der Waals surface area contributed by atoms with E-state index in [-0.39, 0.29) is 0 Å². The number of rotatable bonds is 32. The third-order valence-corrected chi connectivity index (χ3v) is 13.6. The summed E-state index contributed by atoms with van der Waals surface area (Å²) in [6, 6.07) is 10.3. The molecule has 3 heteroatoms.